The predicted molar refractivity (Wildman–Crippen MR) is 113 cm³/mol. The Kier molecular flexibility index (Phi) is 6.12. The standard InChI is InChI=1S/C23H26N4O2/c1-16-21(17(2)27(25-16)15-18-8-6-5-7-9-18)23(29)26(4)14-19-10-12-20(13-11-19)22(28)24-3/h5-13H,14-15H2,1-4H3,(H,24,28). The monoisotopic (exact) mass is 390 g/mol. The van der Waals surface area contributed by atoms with Crippen LogP contribution in [0.25, 0.3) is 0 Å². The summed E-state index contributed by atoms with van der Waals surface area (Å²) in [6.45, 7) is 4.89. The first-order valence-electron chi connectivity index (χ1n) is 9.55. The summed E-state index contributed by atoms with van der Waals surface area (Å²) in [6.07, 6.45) is 0. The molecule has 0 aliphatic rings. The van der Waals surface area contributed by atoms with Crippen LogP contribution in [0.15, 0.2) is 54.6 Å². The molecule has 1 heterocycles. The molecule has 0 unspecified atom stereocenters. The van der Waals surface area contributed by atoms with Gasteiger partial charge in [0.15, 0.2) is 0 Å². The average molecular weight is 390 g/mol. The number of aromatic nitrogens is 2. The summed E-state index contributed by atoms with van der Waals surface area (Å²) in [5.41, 5.74) is 4.93. The lowest BCUT2D eigenvalue weighted by molar-refractivity contribution is 0.0783. The second-order valence-corrected chi connectivity index (χ2v) is 7.13. The van der Waals surface area contributed by atoms with Gasteiger partial charge in [-0.05, 0) is 37.1 Å². The van der Waals surface area contributed by atoms with Gasteiger partial charge < -0.3 is 10.2 Å². The molecule has 1 aromatic heterocycles. The van der Waals surface area contributed by atoms with Gasteiger partial charge in [0.2, 0.25) is 0 Å². The topological polar surface area (TPSA) is 67.2 Å². The molecule has 150 valence electrons. The molecule has 0 saturated carbocycles. The Labute approximate surface area is 171 Å². The highest BCUT2D eigenvalue weighted by Crippen LogP contribution is 2.18. The number of carbonyl (C=O) groups is 2. The molecule has 0 spiro atoms. The zero-order chi connectivity index (χ0) is 21.0. The van der Waals surface area contributed by atoms with Gasteiger partial charge in [0, 0.05) is 31.9 Å². The van der Waals surface area contributed by atoms with E-state index in [0.717, 1.165) is 22.5 Å². The third-order valence-electron chi connectivity index (χ3n) is 4.98. The first-order chi connectivity index (χ1) is 13.9. The van der Waals surface area contributed by atoms with Crippen molar-refractivity contribution in [1.29, 1.82) is 0 Å². The molecule has 6 heteroatoms. The lowest BCUT2D eigenvalue weighted by atomic mass is 10.1. The third-order valence-corrected chi connectivity index (χ3v) is 4.98. The van der Waals surface area contributed by atoms with Crippen molar-refractivity contribution in [3.63, 3.8) is 0 Å². The van der Waals surface area contributed by atoms with Gasteiger partial charge in [0.05, 0.1) is 17.8 Å². The van der Waals surface area contributed by atoms with Crippen molar-refractivity contribution < 1.29 is 9.59 Å². The van der Waals surface area contributed by atoms with Crippen LogP contribution >= 0.6 is 0 Å². The van der Waals surface area contributed by atoms with Gasteiger partial charge in [0.25, 0.3) is 11.8 Å². The van der Waals surface area contributed by atoms with Crippen LogP contribution in [0, 0.1) is 13.8 Å². The molecular formula is C23H26N4O2. The van der Waals surface area contributed by atoms with Crippen LogP contribution in [0.5, 0.6) is 0 Å². The van der Waals surface area contributed by atoms with Crippen LogP contribution in [-0.2, 0) is 13.1 Å². The number of nitrogens with one attached hydrogen (secondary N) is 1. The number of hydrogen-bond acceptors (Lipinski definition) is 3. The summed E-state index contributed by atoms with van der Waals surface area (Å²) in [5.74, 6) is -0.187. The summed E-state index contributed by atoms with van der Waals surface area (Å²) in [6, 6.07) is 17.3. The molecule has 0 bridgehead atoms. The Morgan fingerprint density at radius 2 is 1.66 bits per heavy atom. The van der Waals surface area contributed by atoms with E-state index < -0.39 is 0 Å². The lowest BCUT2D eigenvalue weighted by Gasteiger charge is -2.18. The quantitative estimate of drug-likeness (QED) is 0.703. The van der Waals surface area contributed by atoms with Crippen LogP contribution in [0.2, 0.25) is 0 Å². The van der Waals surface area contributed by atoms with Crippen molar-refractivity contribution in [2.75, 3.05) is 14.1 Å². The fourth-order valence-corrected chi connectivity index (χ4v) is 3.36. The van der Waals surface area contributed by atoms with Crippen molar-refractivity contribution in [3.8, 4) is 0 Å². The number of aryl methyl sites for hydroxylation is 1. The molecule has 2 aromatic carbocycles. The van der Waals surface area contributed by atoms with Gasteiger partial charge in [0.1, 0.15) is 0 Å². The molecule has 2 amide bonds. The minimum Gasteiger partial charge on any atom is -0.355 e. The van der Waals surface area contributed by atoms with Gasteiger partial charge >= 0.3 is 0 Å². The van der Waals surface area contributed by atoms with Gasteiger partial charge in [-0.3, -0.25) is 14.3 Å². The number of benzene rings is 2. The summed E-state index contributed by atoms with van der Waals surface area (Å²) < 4.78 is 1.88. The first kappa shape index (κ1) is 20.3. The van der Waals surface area contributed by atoms with Gasteiger partial charge in [-0.1, -0.05) is 42.5 Å². The molecule has 1 N–H and O–H groups in total. The summed E-state index contributed by atoms with van der Waals surface area (Å²) in [4.78, 5) is 26.4. The Morgan fingerprint density at radius 1 is 1.00 bits per heavy atom. The van der Waals surface area contributed by atoms with E-state index in [1.165, 1.54) is 0 Å². The van der Waals surface area contributed by atoms with E-state index in [2.05, 4.69) is 10.4 Å². The smallest absolute Gasteiger partial charge is 0.257 e. The molecule has 0 fully saturated rings. The number of carbonyl (C=O) groups excluding carboxylic acids is 2. The first-order valence-corrected chi connectivity index (χ1v) is 9.55. The molecule has 6 nitrogen and oxygen atoms in total. The minimum absolute atomic E-state index is 0.0605. The molecule has 0 saturated heterocycles. The maximum absolute atomic E-state index is 13.1. The van der Waals surface area contributed by atoms with Crippen molar-refractivity contribution >= 4 is 11.8 Å². The molecular weight excluding hydrogens is 364 g/mol. The summed E-state index contributed by atoms with van der Waals surface area (Å²) in [7, 11) is 3.38. The summed E-state index contributed by atoms with van der Waals surface area (Å²) >= 11 is 0. The second kappa shape index (κ2) is 8.73. The Bertz CT molecular complexity index is 1010. The van der Waals surface area contributed by atoms with Gasteiger partial charge in [-0.25, -0.2) is 0 Å². The predicted octanol–water partition coefficient (Wildman–Crippen LogP) is 3.18. The molecule has 0 aliphatic carbocycles. The zero-order valence-electron chi connectivity index (χ0n) is 17.3. The molecule has 3 aromatic rings. The molecule has 3 rings (SSSR count). The Morgan fingerprint density at radius 3 is 2.28 bits per heavy atom. The van der Waals surface area contributed by atoms with Crippen LogP contribution in [0.4, 0.5) is 0 Å². The van der Waals surface area contributed by atoms with E-state index in [1.807, 2.05) is 61.0 Å². The highest BCUT2D eigenvalue weighted by Gasteiger charge is 2.22. The normalized spacial score (nSPS) is 10.6. The van der Waals surface area contributed by atoms with Crippen LogP contribution < -0.4 is 5.32 Å². The van der Waals surface area contributed by atoms with Crippen molar-refractivity contribution in [3.05, 3.63) is 88.2 Å². The van der Waals surface area contributed by atoms with Crippen LogP contribution in [0.3, 0.4) is 0 Å². The van der Waals surface area contributed by atoms with Crippen LogP contribution in [-0.4, -0.2) is 40.6 Å². The van der Waals surface area contributed by atoms with E-state index in [4.69, 9.17) is 0 Å². The number of hydrogen-bond donors (Lipinski definition) is 1. The van der Waals surface area contributed by atoms with E-state index in [-0.39, 0.29) is 11.8 Å². The fourth-order valence-electron chi connectivity index (χ4n) is 3.36. The van der Waals surface area contributed by atoms with E-state index in [1.54, 1.807) is 31.1 Å². The molecule has 0 atom stereocenters. The second-order valence-electron chi connectivity index (χ2n) is 7.13. The van der Waals surface area contributed by atoms with Gasteiger partial charge in [-0.15, -0.1) is 0 Å². The van der Waals surface area contributed by atoms with E-state index in [9.17, 15) is 9.59 Å². The highest BCUT2D eigenvalue weighted by atomic mass is 16.2. The third kappa shape index (κ3) is 4.54. The average Bonchev–Trinajstić information content (AvgIpc) is 3.01. The van der Waals surface area contributed by atoms with Crippen molar-refractivity contribution in [2.24, 2.45) is 0 Å². The maximum Gasteiger partial charge on any atom is 0.257 e. The summed E-state index contributed by atoms with van der Waals surface area (Å²) in [5, 5.41) is 7.18. The molecule has 0 aliphatic heterocycles. The minimum atomic E-state index is -0.127. The molecule has 29 heavy (non-hydrogen) atoms. The van der Waals surface area contributed by atoms with Gasteiger partial charge in [-0.2, -0.15) is 5.10 Å². The maximum atomic E-state index is 13.1. The SMILES string of the molecule is CNC(=O)c1ccc(CN(C)C(=O)c2c(C)nn(Cc3ccccc3)c2C)cc1. The van der Waals surface area contributed by atoms with E-state index in [0.29, 0.717) is 24.2 Å². The number of rotatable bonds is 6. The highest BCUT2D eigenvalue weighted by molar-refractivity contribution is 5.96. The van der Waals surface area contributed by atoms with Crippen molar-refractivity contribution in [1.82, 2.24) is 20.0 Å². The Hall–Kier alpha value is -3.41. The molecule has 0 radical (unpaired) electrons. The van der Waals surface area contributed by atoms with Crippen LogP contribution in [0.1, 0.15) is 43.2 Å². The largest absolute Gasteiger partial charge is 0.355 e. The number of amides is 2. The Balaban J connectivity index is 1.75. The lowest BCUT2D eigenvalue weighted by Crippen LogP contribution is -2.27. The van der Waals surface area contributed by atoms with E-state index >= 15 is 0 Å². The zero-order valence-corrected chi connectivity index (χ0v) is 17.3. The van der Waals surface area contributed by atoms with Crippen molar-refractivity contribution in [2.45, 2.75) is 26.9 Å². The number of nitrogens with zero attached hydrogens (tertiary/aromatic N) is 3. The fraction of sp³-hybridized carbons (Fsp3) is 0.261.